The second kappa shape index (κ2) is 3.56. The fourth-order valence-corrected chi connectivity index (χ4v) is 4.66. The van der Waals surface area contributed by atoms with Gasteiger partial charge in [-0.2, -0.15) is 0 Å². The van der Waals surface area contributed by atoms with E-state index in [0.29, 0.717) is 0 Å². The molecule has 3 aromatic carbocycles. The minimum Gasteiger partial charge on any atom is -0.0616 e. The maximum Gasteiger partial charge on any atom is 0.182 e. The Morgan fingerprint density at radius 3 is 2.28 bits per heavy atom. The van der Waals surface area contributed by atoms with E-state index >= 15 is 0 Å². The lowest BCUT2D eigenvalue weighted by Crippen LogP contribution is -1.73. The van der Waals surface area contributed by atoms with Gasteiger partial charge in [0, 0.05) is 5.39 Å². The van der Waals surface area contributed by atoms with Crippen molar-refractivity contribution in [3.8, 4) is 0 Å². The van der Waals surface area contributed by atoms with Crippen molar-refractivity contribution in [2.75, 3.05) is 0 Å². The summed E-state index contributed by atoms with van der Waals surface area (Å²) in [7, 11) is 0.221. The molecular formula is C17H13S+. The highest BCUT2D eigenvalue weighted by Gasteiger charge is 2.18. The lowest BCUT2D eigenvalue weighted by molar-refractivity contribution is 1.81. The molecule has 0 aliphatic heterocycles. The number of thiophene rings is 1. The molecule has 1 atom stereocenters. The van der Waals surface area contributed by atoms with E-state index in [4.69, 9.17) is 0 Å². The molecule has 18 heavy (non-hydrogen) atoms. The van der Waals surface area contributed by atoms with Crippen LogP contribution in [-0.4, -0.2) is 0 Å². The van der Waals surface area contributed by atoms with Crippen LogP contribution in [-0.2, 0) is 6.26 Å². The van der Waals surface area contributed by atoms with Crippen molar-refractivity contribution in [3.63, 3.8) is 0 Å². The van der Waals surface area contributed by atoms with Gasteiger partial charge in [-0.1, -0.05) is 36.4 Å². The largest absolute Gasteiger partial charge is 0.182 e. The van der Waals surface area contributed by atoms with Crippen LogP contribution in [0.2, 0.25) is 0 Å². The predicted molar refractivity (Wildman–Crippen MR) is 82.4 cm³/mol. The molecule has 0 saturated carbocycles. The van der Waals surface area contributed by atoms with E-state index in [1.165, 1.54) is 30.9 Å². The molecule has 0 bridgehead atoms. The summed E-state index contributed by atoms with van der Waals surface area (Å²) in [5.74, 6) is 0. The smallest absolute Gasteiger partial charge is 0.0616 e. The maximum atomic E-state index is 2.33. The highest BCUT2D eigenvalue weighted by atomic mass is 32.2. The van der Waals surface area contributed by atoms with Gasteiger partial charge in [0.1, 0.15) is 6.26 Å². The number of hydrogen-bond acceptors (Lipinski definition) is 0. The second-order valence-corrected chi connectivity index (χ2v) is 6.57. The molecule has 4 rings (SSSR count). The van der Waals surface area contributed by atoms with Crippen molar-refractivity contribution in [1.29, 1.82) is 0 Å². The predicted octanol–water partition coefficient (Wildman–Crippen LogP) is 5.43. The molecule has 0 amide bonds. The molecule has 1 unspecified atom stereocenters. The molecule has 0 aliphatic rings. The van der Waals surface area contributed by atoms with Crippen molar-refractivity contribution in [2.24, 2.45) is 6.26 Å². The van der Waals surface area contributed by atoms with E-state index < -0.39 is 0 Å². The molecule has 0 N–H and O–H groups in total. The molecule has 1 heterocycles. The molecule has 4 aromatic rings. The van der Waals surface area contributed by atoms with Crippen molar-refractivity contribution in [1.82, 2.24) is 0 Å². The zero-order valence-electron chi connectivity index (χ0n) is 10.2. The molecule has 0 spiro atoms. The zero-order chi connectivity index (χ0) is 12.1. The third-order valence-corrected chi connectivity index (χ3v) is 5.72. The average Bonchev–Trinajstić information content (AvgIpc) is 2.73. The topological polar surface area (TPSA) is 0 Å². The number of rotatable bonds is 0. The van der Waals surface area contributed by atoms with Crippen LogP contribution < -0.4 is 0 Å². The van der Waals surface area contributed by atoms with Gasteiger partial charge in [-0.15, -0.1) is 0 Å². The Morgan fingerprint density at radius 2 is 1.39 bits per heavy atom. The third-order valence-electron chi connectivity index (χ3n) is 3.71. The number of aryl methyl sites for hydroxylation is 1. The first kappa shape index (κ1) is 10.1. The van der Waals surface area contributed by atoms with Crippen LogP contribution in [0.1, 0.15) is 0 Å². The Bertz CT molecular complexity index is 884. The average molecular weight is 249 g/mol. The monoisotopic (exact) mass is 249 g/mol. The molecule has 0 saturated heterocycles. The summed E-state index contributed by atoms with van der Waals surface area (Å²) in [6, 6.07) is 22.1. The van der Waals surface area contributed by atoms with Gasteiger partial charge in [0.2, 0.25) is 0 Å². The number of fused-ring (bicyclic) bond motifs is 5. The summed E-state index contributed by atoms with van der Waals surface area (Å²) >= 11 is 0. The summed E-state index contributed by atoms with van der Waals surface area (Å²) < 4.78 is 2.98. The van der Waals surface area contributed by atoms with Gasteiger partial charge in [-0.05, 0) is 45.5 Å². The lowest BCUT2D eigenvalue weighted by atomic mass is 10.0. The van der Waals surface area contributed by atoms with Crippen molar-refractivity contribution >= 4 is 41.4 Å². The van der Waals surface area contributed by atoms with Crippen LogP contribution in [0.5, 0.6) is 0 Å². The van der Waals surface area contributed by atoms with Gasteiger partial charge in [-0.3, -0.25) is 0 Å². The Balaban J connectivity index is 2.41. The van der Waals surface area contributed by atoms with Gasteiger partial charge in [0.25, 0.3) is 0 Å². The molecule has 0 nitrogen and oxygen atoms in total. The van der Waals surface area contributed by atoms with E-state index in [9.17, 15) is 0 Å². The minimum atomic E-state index is 0.221. The van der Waals surface area contributed by atoms with E-state index in [-0.39, 0.29) is 10.5 Å². The summed E-state index contributed by atoms with van der Waals surface area (Å²) in [6.07, 6.45) is 2.33. The van der Waals surface area contributed by atoms with Crippen molar-refractivity contribution < 1.29 is 0 Å². The van der Waals surface area contributed by atoms with E-state index in [1.54, 1.807) is 0 Å². The fraction of sp³-hybridized carbons (Fsp3) is 0.0588. The Kier molecular flexibility index (Phi) is 2.00. The van der Waals surface area contributed by atoms with Crippen LogP contribution in [0.25, 0.3) is 30.9 Å². The standard InChI is InChI=1S/C17H13S/c1-18-15-9-5-4-8-14(15)17-13-7-3-2-6-12(13)10-11-16(17)18/h2-11H,1H3/q+1. The molecule has 0 radical (unpaired) electrons. The van der Waals surface area contributed by atoms with Crippen molar-refractivity contribution in [2.45, 2.75) is 0 Å². The van der Waals surface area contributed by atoms with Crippen LogP contribution in [0, 0.1) is 0 Å². The molecule has 0 fully saturated rings. The van der Waals surface area contributed by atoms with Crippen LogP contribution in [0.3, 0.4) is 0 Å². The van der Waals surface area contributed by atoms with Crippen LogP contribution >= 0.6 is 10.5 Å². The summed E-state index contributed by atoms with van der Waals surface area (Å²) in [6.45, 7) is 0. The quantitative estimate of drug-likeness (QED) is 0.364. The fourth-order valence-electron chi connectivity index (χ4n) is 2.84. The molecule has 0 aliphatic carbocycles. The van der Waals surface area contributed by atoms with Gasteiger partial charge in [-0.25, -0.2) is 0 Å². The van der Waals surface area contributed by atoms with E-state index in [0.717, 1.165) is 0 Å². The Labute approximate surface area is 108 Å². The van der Waals surface area contributed by atoms with Crippen molar-refractivity contribution in [3.05, 3.63) is 60.7 Å². The zero-order valence-corrected chi connectivity index (χ0v) is 11.0. The molecular weight excluding hydrogens is 236 g/mol. The number of hydrogen-bond donors (Lipinski definition) is 0. The molecule has 86 valence electrons. The molecule has 1 aromatic heterocycles. The van der Waals surface area contributed by atoms with E-state index in [2.05, 4.69) is 66.9 Å². The van der Waals surface area contributed by atoms with E-state index in [1.807, 2.05) is 0 Å². The SMILES string of the molecule is C[s+]1c2ccccc2c2c3ccccc3ccc21. The highest BCUT2D eigenvalue weighted by molar-refractivity contribution is 7.41. The lowest BCUT2D eigenvalue weighted by Gasteiger charge is -1.97. The van der Waals surface area contributed by atoms with Crippen LogP contribution in [0.4, 0.5) is 0 Å². The summed E-state index contributed by atoms with van der Waals surface area (Å²) in [4.78, 5) is 0. The summed E-state index contributed by atoms with van der Waals surface area (Å²) in [5.41, 5.74) is 0. The minimum absolute atomic E-state index is 0.221. The highest BCUT2D eigenvalue weighted by Crippen LogP contribution is 2.43. The Hall–Kier alpha value is -1.86. The van der Waals surface area contributed by atoms with Gasteiger partial charge >= 0.3 is 0 Å². The first-order valence-electron chi connectivity index (χ1n) is 6.13. The van der Waals surface area contributed by atoms with Gasteiger partial charge < -0.3 is 0 Å². The Morgan fingerprint density at radius 1 is 0.667 bits per heavy atom. The normalized spacial score (nSPS) is 12.6. The summed E-state index contributed by atoms with van der Waals surface area (Å²) in [5, 5.41) is 5.61. The number of benzene rings is 3. The van der Waals surface area contributed by atoms with Crippen LogP contribution in [0.15, 0.2) is 60.7 Å². The first-order chi connectivity index (χ1) is 8.86. The molecule has 1 heteroatoms. The maximum absolute atomic E-state index is 2.33. The first-order valence-corrected chi connectivity index (χ1v) is 7.76. The van der Waals surface area contributed by atoms with Gasteiger partial charge in [0.15, 0.2) is 9.40 Å². The third kappa shape index (κ3) is 1.20. The second-order valence-electron chi connectivity index (χ2n) is 4.67. The van der Waals surface area contributed by atoms with Gasteiger partial charge in [0.05, 0.1) is 5.39 Å².